The lowest BCUT2D eigenvalue weighted by Crippen LogP contribution is -2.62. The number of nitrogens with one attached hydrogen (secondary N) is 2. The lowest BCUT2D eigenvalue weighted by atomic mass is 9.80. The van der Waals surface area contributed by atoms with Crippen LogP contribution in [0.3, 0.4) is 0 Å². The second-order valence-corrected chi connectivity index (χ2v) is 10.1. The Morgan fingerprint density at radius 1 is 1.12 bits per heavy atom. The highest BCUT2D eigenvalue weighted by molar-refractivity contribution is 7.89. The van der Waals surface area contributed by atoms with E-state index in [4.69, 9.17) is 4.74 Å². The van der Waals surface area contributed by atoms with Crippen molar-refractivity contribution < 1.29 is 13.2 Å². The van der Waals surface area contributed by atoms with Crippen molar-refractivity contribution in [3.8, 4) is 5.75 Å². The van der Waals surface area contributed by atoms with Gasteiger partial charge in [-0.1, -0.05) is 6.07 Å². The number of sulfonamides is 1. The summed E-state index contributed by atoms with van der Waals surface area (Å²) >= 11 is 0. The van der Waals surface area contributed by atoms with E-state index < -0.39 is 10.0 Å². The molecule has 1 fully saturated rings. The van der Waals surface area contributed by atoms with E-state index in [1.54, 1.807) is 6.07 Å². The van der Waals surface area contributed by atoms with Gasteiger partial charge in [0.05, 0.1) is 11.5 Å². The summed E-state index contributed by atoms with van der Waals surface area (Å²) in [5.41, 5.74) is 1.45. The smallest absolute Gasteiger partial charge is 0.241 e. The first-order valence-electron chi connectivity index (χ1n) is 8.91. The molecule has 1 aliphatic rings. The second kappa shape index (κ2) is 6.89. The molecule has 0 spiro atoms. The van der Waals surface area contributed by atoms with E-state index in [1.165, 1.54) is 0 Å². The molecule has 142 valence electrons. The summed E-state index contributed by atoms with van der Waals surface area (Å²) in [6.45, 7) is 14.6. The minimum absolute atomic E-state index is 0.104. The number of aryl methyl sites for hydroxylation is 2. The molecule has 1 aromatic carbocycles. The first-order valence-corrected chi connectivity index (χ1v) is 10.4. The van der Waals surface area contributed by atoms with Crippen molar-refractivity contribution in [1.29, 1.82) is 0 Å². The van der Waals surface area contributed by atoms with Crippen molar-refractivity contribution in [1.82, 2.24) is 10.0 Å². The molecule has 1 aromatic rings. The zero-order chi connectivity index (χ0) is 19.0. The fraction of sp³-hybridized carbons (Fsp3) is 0.684. The zero-order valence-corrected chi connectivity index (χ0v) is 17.3. The van der Waals surface area contributed by atoms with Gasteiger partial charge >= 0.3 is 0 Å². The Labute approximate surface area is 152 Å². The minimum atomic E-state index is -3.61. The molecule has 0 unspecified atom stereocenters. The molecule has 1 heterocycles. The van der Waals surface area contributed by atoms with Crippen LogP contribution in [0.15, 0.2) is 17.0 Å². The number of ether oxygens (including phenoxy) is 1. The highest BCUT2D eigenvalue weighted by atomic mass is 32.2. The van der Waals surface area contributed by atoms with Crippen molar-refractivity contribution in [3.63, 3.8) is 0 Å². The van der Waals surface area contributed by atoms with E-state index in [1.807, 2.05) is 26.8 Å². The summed E-state index contributed by atoms with van der Waals surface area (Å²) in [6, 6.07) is 3.41. The summed E-state index contributed by atoms with van der Waals surface area (Å²) in [7, 11) is -3.61. The Bertz CT molecular complexity index is 723. The van der Waals surface area contributed by atoms with Crippen molar-refractivity contribution in [2.75, 3.05) is 6.61 Å². The highest BCUT2D eigenvalue weighted by Crippen LogP contribution is 2.31. The maximum Gasteiger partial charge on any atom is 0.241 e. The number of rotatable bonds is 5. The molecule has 1 aliphatic heterocycles. The standard InChI is InChI=1S/C19H32N2O3S/c1-8-24-16-10-17(14(3)9-13(16)2)25(22,23)20-15-11-18(4,5)21-19(6,7)12-15/h9-10,15,20-21H,8,11-12H2,1-7H3. The molecule has 25 heavy (non-hydrogen) atoms. The first-order chi connectivity index (χ1) is 11.4. The fourth-order valence-corrected chi connectivity index (χ4v) is 5.58. The molecule has 2 N–H and O–H groups in total. The van der Waals surface area contributed by atoms with Gasteiger partial charge in [0, 0.05) is 23.2 Å². The van der Waals surface area contributed by atoms with Crippen molar-refractivity contribution in [2.45, 2.75) is 83.3 Å². The average Bonchev–Trinajstić information content (AvgIpc) is 2.37. The maximum atomic E-state index is 13.0. The monoisotopic (exact) mass is 368 g/mol. The van der Waals surface area contributed by atoms with E-state index in [0.29, 0.717) is 17.3 Å². The van der Waals surface area contributed by atoms with E-state index in [2.05, 4.69) is 37.7 Å². The molecular formula is C19H32N2O3S. The first kappa shape index (κ1) is 20.2. The van der Waals surface area contributed by atoms with Crippen LogP contribution in [-0.2, 0) is 10.0 Å². The second-order valence-electron chi connectivity index (χ2n) is 8.44. The predicted octanol–water partition coefficient (Wildman–Crippen LogP) is 3.29. The third kappa shape index (κ3) is 4.96. The van der Waals surface area contributed by atoms with Gasteiger partial charge in [0.2, 0.25) is 10.0 Å². The molecule has 0 aromatic heterocycles. The van der Waals surface area contributed by atoms with E-state index in [9.17, 15) is 8.42 Å². The zero-order valence-electron chi connectivity index (χ0n) is 16.5. The molecule has 0 atom stereocenters. The highest BCUT2D eigenvalue weighted by Gasteiger charge is 2.39. The molecular weight excluding hydrogens is 336 g/mol. The van der Waals surface area contributed by atoms with Gasteiger partial charge in [0.15, 0.2) is 0 Å². The van der Waals surface area contributed by atoms with Crippen LogP contribution in [0.2, 0.25) is 0 Å². The summed E-state index contributed by atoms with van der Waals surface area (Å²) in [5.74, 6) is 0.624. The number of piperidine rings is 1. The largest absolute Gasteiger partial charge is 0.494 e. The summed E-state index contributed by atoms with van der Waals surface area (Å²) in [5, 5.41) is 3.58. The van der Waals surface area contributed by atoms with Crippen LogP contribution in [0.25, 0.3) is 0 Å². The molecule has 5 nitrogen and oxygen atoms in total. The van der Waals surface area contributed by atoms with E-state index in [-0.39, 0.29) is 17.1 Å². The number of benzene rings is 1. The fourth-order valence-electron chi connectivity index (χ4n) is 4.10. The van der Waals surface area contributed by atoms with Gasteiger partial charge in [-0.15, -0.1) is 0 Å². The Morgan fingerprint density at radius 3 is 2.20 bits per heavy atom. The third-order valence-electron chi connectivity index (χ3n) is 4.57. The molecule has 0 radical (unpaired) electrons. The average molecular weight is 369 g/mol. The van der Waals surface area contributed by atoms with Crippen molar-refractivity contribution >= 4 is 10.0 Å². The Morgan fingerprint density at radius 2 is 1.68 bits per heavy atom. The van der Waals surface area contributed by atoms with Crippen LogP contribution >= 0.6 is 0 Å². The van der Waals surface area contributed by atoms with Crippen LogP contribution in [0, 0.1) is 13.8 Å². The number of hydrogen-bond acceptors (Lipinski definition) is 4. The molecule has 1 saturated heterocycles. The van der Waals surface area contributed by atoms with Gasteiger partial charge in [-0.05, 0) is 72.4 Å². The van der Waals surface area contributed by atoms with Crippen LogP contribution in [0.5, 0.6) is 5.75 Å². The minimum Gasteiger partial charge on any atom is -0.494 e. The van der Waals surface area contributed by atoms with Crippen LogP contribution in [0.4, 0.5) is 0 Å². The summed E-state index contributed by atoms with van der Waals surface area (Å²) in [4.78, 5) is 0.302. The predicted molar refractivity (Wildman–Crippen MR) is 102 cm³/mol. The van der Waals surface area contributed by atoms with Gasteiger partial charge in [0.25, 0.3) is 0 Å². The van der Waals surface area contributed by atoms with E-state index >= 15 is 0 Å². The molecule has 6 heteroatoms. The van der Waals surface area contributed by atoms with Gasteiger partial charge < -0.3 is 10.1 Å². The Hall–Kier alpha value is -1.11. The SMILES string of the molecule is CCOc1cc(S(=O)(=O)NC2CC(C)(C)NC(C)(C)C2)c(C)cc1C. The van der Waals surface area contributed by atoms with Crippen LogP contribution in [0.1, 0.15) is 58.6 Å². The van der Waals surface area contributed by atoms with Gasteiger partial charge in [0.1, 0.15) is 5.75 Å². The Kier molecular flexibility index (Phi) is 5.57. The van der Waals surface area contributed by atoms with E-state index in [0.717, 1.165) is 24.0 Å². The third-order valence-corrected chi connectivity index (χ3v) is 6.24. The van der Waals surface area contributed by atoms with Crippen molar-refractivity contribution in [2.24, 2.45) is 0 Å². The number of hydrogen-bond donors (Lipinski definition) is 2. The summed E-state index contributed by atoms with van der Waals surface area (Å²) < 4.78 is 34.6. The normalized spacial score (nSPS) is 20.4. The van der Waals surface area contributed by atoms with Gasteiger partial charge in [-0.3, -0.25) is 0 Å². The molecule has 2 rings (SSSR count). The lowest BCUT2D eigenvalue weighted by molar-refractivity contribution is 0.157. The van der Waals surface area contributed by atoms with Crippen LogP contribution < -0.4 is 14.8 Å². The quantitative estimate of drug-likeness (QED) is 0.837. The molecule has 0 amide bonds. The van der Waals surface area contributed by atoms with Crippen molar-refractivity contribution in [3.05, 3.63) is 23.3 Å². The maximum absolute atomic E-state index is 13.0. The molecule has 0 aliphatic carbocycles. The lowest BCUT2D eigenvalue weighted by Gasteiger charge is -2.46. The topological polar surface area (TPSA) is 67.4 Å². The Balaban J connectivity index is 2.32. The molecule has 0 saturated carbocycles. The summed E-state index contributed by atoms with van der Waals surface area (Å²) in [6.07, 6.45) is 1.50. The van der Waals surface area contributed by atoms with Crippen LogP contribution in [-0.4, -0.2) is 32.1 Å². The van der Waals surface area contributed by atoms with Gasteiger partial charge in [-0.2, -0.15) is 0 Å². The molecule has 0 bridgehead atoms. The van der Waals surface area contributed by atoms with Gasteiger partial charge in [-0.25, -0.2) is 13.1 Å².